The van der Waals surface area contributed by atoms with Crippen LogP contribution in [0.3, 0.4) is 0 Å². The van der Waals surface area contributed by atoms with E-state index in [1.807, 2.05) is 30.3 Å². The first kappa shape index (κ1) is 14.8. The number of benzene rings is 2. The number of aromatic nitrogens is 4. The van der Waals surface area contributed by atoms with Crippen LogP contribution in [0.4, 0.5) is 4.39 Å². The Hall–Kier alpha value is -3.09. The third-order valence-corrected chi connectivity index (χ3v) is 3.18. The summed E-state index contributed by atoms with van der Waals surface area (Å²) in [6, 6.07) is 15.3. The van der Waals surface area contributed by atoms with Gasteiger partial charge >= 0.3 is 0 Å². The number of tetrazole rings is 1. The molecule has 0 fully saturated rings. The molecular formula is C16H14FN5O. The molecule has 0 spiro atoms. The number of nitrogens with one attached hydrogen (secondary N) is 1. The van der Waals surface area contributed by atoms with Crippen molar-refractivity contribution in [2.75, 3.05) is 0 Å². The van der Waals surface area contributed by atoms with Crippen LogP contribution in [0.1, 0.15) is 5.56 Å². The maximum Gasteiger partial charge on any atom is 0.225 e. The Morgan fingerprint density at radius 1 is 1.09 bits per heavy atom. The summed E-state index contributed by atoms with van der Waals surface area (Å²) in [6.07, 6.45) is 0.292. The number of halogens is 1. The Labute approximate surface area is 132 Å². The average molecular weight is 311 g/mol. The van der Waals surface area contributed by atoms with Gasteiger partial charge in [-0.3, -0.25) is 4.79 Å². The van der Waals surface area contributed by atoms with Crippen LogP contribution >= 0.6 is 0 Å². The molecule has 0 radical (unpaired) electrons. The largest absolute Gasteiger partial charge is 0.335 e. The quantitative estimate of drug-likeness (QED) is 0.780. The third-order valence-electron chi connectivity index (χ3n) is 3.18. The normalized spacial score (nSPS) is 10.5. The fraction of sp³-hybridized carbons (Fsp3) is 0.125. The summed E-state index contributed by atoms with van der Waals surface area (Å²) in [5.74, 6) is -0.0755. The van der Waals surface area contributed by atoms with Gasteiger partial charge in [-0.05, 0) is 35.0 Å². The molecule has 0 saturated heterocycles. The summed E-state index contributed by atoms with van der Waals surface area (Å²) >= 11 is 0. The molecule has 0 bridgehead atoms. The van der Waals surface area contributed by atoms with Crippen LogP contribution < -0.4 is 5.32 Å². The number of rotatable bonds is 5. The molecule has 23 heavy (non-hydrogen) atoms. The van der Waals surface area contributed by atoms with Crippen LogP contribution in [0, 0.1) is 5.82 Å². The van der Waals surface area contributed by atoms with Gasteiger partial charge in [-0.15, -0.1) is 15.0 Å². The van der Waals surface area contributed by atoms with Crippen LogP contribution in [0.5, 0.6) is 0 Å². The van der Waals surface area contributed by atoms with Gasteiger partial charge in [0.2, 0.25) is 11.7 Å². The van der Waals surface area contributed by atoms with Crippen molar-refractivity contribution in [1.82, 2.24) is 25.5 Å². The molecule has 2 aromatic carbocycles. The minimum atomic E-state index is -0.325. The lowest BCUT2D eigenvalue weighted by atomic mass is 10.1. The van der Waals surface area contributed by atoms with Crippen LogP contribution in [0.25, 0.3) is 11.4 Å². The molecule has 1 heterocycles. The van der Waals surface area contributed by atoms with Gasteiger partial charge in [-0.1, -0.05) is 30.3 Å². The molecular weight excluding hydrogens is 297 g/mol. The molecule has 0 atom stereocenters. The van der Waals surface area contributed by atoms with Crippen molar-refractivity contribution in [3.05, 3.63) is 66.0 Å². The van der Waals surface area contributed by atoms with E-state index in [0.717, 1.165) is 5.56 Å². The van der Waals surface area contributed by atoms with Crippen LogP contribution in [-0.2, 0) is 17.9 Å². The zero-order valence-corrected chi connectivity index (χ0v) is 12.2. The molecule has 116 valence electrons. The second-order valence-electron chi connectivity index (χ2n) is 4.91. The second kappa shape index (κ2) is 6.78. The second-order valence-corrected chi connectivity index (χ2v) is 4.91. The zero-order valence-electron chi connectivity index (χ0n) is 12.2. The van der Waals surface area contributed by atoms with Gasteiger partial charge in [-0.25, -0.2) is 4.39 Å². The minimum absolute atomic E-state index is 0.125. The maximum absolute atomic E-state index is 12.9. The highest BCUT2D eigenvalue weighted by molar-refractivity contribution is 5.78. The van der Waals surface area contributed by atoms with E-state index >= 15 is 0 Å². The summed E-state index contributed by atoms with van der Waals surface area (Å²) < 4.78 is 12.9. The molecule has 0 unspecified atom stereocenters. The van der Waals surface area contributed by atoms with Crippen LogP contribution in [0.2, 0.25) is 0 Å². The molecule has 3 aromatic rings. The van der Waals surface area contributed by atoms with Gasteiger partial charge in [0.1, 0.15) is 12.5 Å². The number of carbonyl (C=O) groups is 1. The van der Waals surface area contributed by atoms with Gasteiger partial charge in [0.25, 0.3) is 0 Å². The standard InChI is InChI=1S/C16H14FN5O/c17-14-8-6-13(7-9-14)16-19-21-22(20-16)11-18-15(23)10-12-4-2-1-3-5-12/h1-9H,10-11H2,(H,18,23). The molecule has 3 rings (SSSR count). The van der Waals surface area contributed by atoms with Crippen molar-refractivity contribution in [2.45, 2.75) is 13.1 Å². The summed E-state index contributed by atoms with van der Waals surface area (Å²) in [5, 5.41) is 14.6. The van der Waals surface area contributed by atoms with Gasteiger partial charge in [0.05, 0.1) is 6.42 Å². The smallest absolute Gasteiger partial charge is 0.225 e. The monoisotopic (exact) mass is 311 g/mol. The minimum Gasteiger partial charge on any atom is -0.335 e. The summed E-state index contributed by atoms with van der Waals surface area (Å²) in [6.45, 7) is 0.125. The van der Waals surface area contributed by atoms with Gasteiger partial charge in [0, 0.05) is 5.56 Å². The molecule has 0 saturated carbocycles. The van der Waals surface area contributed by atoms with Gasteiger partial charge in [0.15, 0.2) is 0 Å². The average Bonchev–Trinajstić information content (AvgIpc) is 3.04. The lowest BCUT2D eigenvalue weighted by molar-refractivity contribution is -0.121. The lowest BCUT2D eigenvalue weighted by Crippen LogP contribution is -2.28. The number of carbonyl (C=O) groups excluding carboxylic acids is 1. The molecule has 0 aliphatic carbocycles. The molecule has 0 aliphatic rings. The number of nitrogens with zero attached hydrogens (tertiary/aromatic N) is 4. The molecule has 0 aliphatic heterocycles. The van der Waals surface area contributed by atoms with Crippen molar-refractivity contribution < 1.29 is 9.18 Å². The SMILES string of the molecule is O=C(Cc1ccccc1)NCn1nnc(-c2ccc(F)cc2)n1. The molecule has 1 amide bonds. The van der Waals surface area contributed by atoms with E-state index in [4.69, 9.17) is 0 Å². The fourth-order valence-corrected chi connectivity index (χ4v) is 2.03. The van der Waals surface area contributed by atoms with Gasteiger partial charge < -0.3 is 5.32 Å². The summed E-state index contributed by atoms with van der Waals surface area (Å²) in [7, 11) is 0. The van der Waals surface area contributed by atoms with Crippen molar-refractivity contribution in [3.63, 3.8) is 0 Å². The molecule has 7 heteroatoms. The van der Waals surface area contributed by atoms with Crippen molar-refractivity contribution in [1.29, 1.82) is 0 Å². The topological polar surface area (TPSA) is 72.7 Å². The molecule has 6 nitrogen and oxygen atoms in total. The van der Waals surface area contributed by atoms with Crippen molar-refractivity contribution in [2.24, 2.45) is 0 Å². The maximum atomic E-state index is 12.9. The Morgan fingerprint density at radius 2 is 1.83 bits per heavy atom. The summed E-state index contributed by atoms with van der Waals surface area (Å²) in [5.41, 5.74) is 1.59. The first-order chi connectivity index (χ1) is 11.2. The molecule has 1 aromatic heterocycles. The highest BCUT2D eigenvalue weighted by Crippen LogP contribution is 2.13. The van der Waals surface area contributed by atoms with Crippen molar-refractivity contribution >= 4 is 5.91 Å². The first-order valence-corrected chi connectivity index (χ1v) is 7.05. The fourth-order valence-electron chi connectivity index (χ4n) is 2.03. The zero-order chi connectivity index (χ0) is 16.1. The van der Waals surface area contributed by atoms with E-state index in [-0.39, 0.29) is 18.4 Å². The van der Waals surface area contributed by atoms with Crippen LogP contribution in [-0.4, -0.2) is 26.1 Å². The lowest BCUT2D eigenvalue weighted by Gasteiger charge is -2.03. The van der Waals surface area contributed by atoms with E-state index < -0.39 is 0 Å². The number of amides is 1. The Kier molecular flexibility index (Phi) is 4.37. The first-order valence-electron chi connectivity index (χ1n) is 7.05. The number of hydrogen-bond donors (Lipinski definition) is 1. The highest BCUT2D eigenvalue weighted by Gasteiger charge is 2.07. The van der Waals surface area contributed by atoms with E-state index in [1.54, 1.807) is 12.1 Å². The molecule has 1 N–H and O–H groups in total. The predicted molar refractivity (Wildman–Crippen MR) is 81.5 cm³/mol. The van der Waals surface area contributed by atoms with E-state index in [2.05, 4.69) is 20.7 Å². The Balaban J connectivity index is 1.57. The summed E-state index contributed by atoms with van der Waals surface area (Å²) in [4.78, 5) is 13.1. The van der Waals surface area contributed by atoms with Crippen LogP contribution in [0.15, 0.2) is 54.6 Å². The predicted octanol–water partition coefficient (Wildman–Crippen LogP) is 1.80. The van der Waals surface area contributed by atoms with Gasteiger partial charge in [-0.2, -0.15) is 0 Å². The number of hydrogen-bond acceptors (Lipinski definition) is 4. The van der Waals surface area contributed by atoms with E-state index in [1.165, 1.54) is 16.9 Å². The highest BCUT2D eigenvalue weighted by atomic mass is 19.1. The Morgan fingerprint density at radius 3 is 2.57 bits per heavy atom. The third kappa shape index (κ3) is 3.97. The Bertz CT molecular complexity index is 786. The van der Waals surface area contributed by atoms with Crippen molar-refractivity contribution in [3.8, 4) is 11.4 Å². The van der Waals surface area contributed by atoms with E-state index in [0.29, 0.717) is 17.8 Å². The van der Waals surface area contributed by atoms with E-state index in [9.17, 15) is 9.18 Å².